The minimum atomic E-state index is -0.439. The zero-order valence-electron chi connectivity index (χ0n) is 11.8. The first kappa shape index (κ1) is 12.9. The van der Waals surface area contributed by atoms with Crippen molar-refractivity contribution < 1.29 is 5.11 Å². The van der Waals surface area contributed by atoms with E-state index in [1.807, 2.05) is 12.1 Å². The summed E-state index contributed by atoms with van der Waals surface area (Å²) in [5, 5.41) is 9.54. The summed E-state index contributed by atoms with van der Waals surface area (Å²) < 4.78 is 0. The van der Waals surface area contributed by atoms with Gasteiger partial charge in [-0.25, -0.2) is 4.98 Å². The molecule has 1 N–H and O–H groups in total. The van der Waals surface area contributed by atoms with Gasteiger partial charge in [0.25, 0.3) is 0 Å². The van der Waals surface area contributed by atoms with Crippen molar-refractivity contribution in [1.82, 2.24) is 9.88 Å². The molecule has 0 aliphatic carbocycles. The summed E-state index contributed by atoms with van der Waals surface area (Å²) in [6, 6.07) is 5.25. The first-order valence-electron chi connectivity index (χ1n) is 7.30. The van der Waals surface area contributed by atoms with Gasteiger partial charge in [-0.3, -0.25) is 4.90 Å². The quantitative estimate of drug-likeness (QED) is 0.881. The average Bonchev–Trinajstić information content (AvgIpc) is 2.85. The Morgan fingerprint density at radius 2 is 2.21 bits per heavy atom. The zero-order chi connectivity index (χ0) is 13.4. The van der Waals surface area contributed by atoms with Gasteiger partial charge in [-0.05, 0) is 44.9 Å². The van der Waals surface area contributed by atoms with Crippen LogP contribution in [0.15, 0.2) is 18.3 Å². The van der Waals surface area contributed by atoms with E-state index in [1.54, 1.807) is 13.1 Å². The number of rotatable bonds is 2. The molecular formula is C15H23N3O. The number of aliphatic hydroxyl groups is 1. The second kappa shape index (κ2) is 5.10. The Hall–Kier alpha value is -1.13. The van der Waals surface area contributed by atoms with Crippen molar-refractivity contribution in [3.8, 4) is 0 Å². The number of pyridine rings is 1. The van der Waals surface area contributed by atoms with E-state index in [-0.39, 0.29) is 0 Å². The predicted molar refractivity (Wildman–Crippen MR) is 76.3 cm³/mol. The lowest BCUT2D eigenvalue weighted by atomic mass is 10.1. The molecule has 0 amide bonds. The van der Waals surface area contributed by atoms with Crippen LogP contribution in [-0.2, 0) is 0 Å². The third-order valence-corrected chi connectivity index (χ3v) is 4.48. The topological polar surface area (TPSA) is 39.6 Å². The van der Waals surface area contributed by atoms with Crippen molar-refractivity contribution in [2.24, 2.45) is 0 Å². The van der Waals surface area contributed by atoms with E-state index in [0.717, 1.165) is 24.5 Å². The molecule has 2 fully saturated rings. The van der Waals surface area contributed by atoms with E-state index in [1.165, 1.54) is 19.4 Å². The van der Waals surface area contributed by atoms with Crippen LogP contribution in [0, 0.1) is 0 Å². The van der Waals surface area contributed by atoms with E-state index < -0.39 is 6.10 Å². The largest absolute Gasteiger partial charge is 0.389 e. The van der Waals surface area contributed by atoms with E-state index in [0.29, 0.717) is 12.1 Å². The van der Waals surface area contributed by atoms with Crippen molar-refractivity contribution >= 4 is 5.82 Å². The molecule has 0 saturated carbocycles. The van der Waals surface area contributed by atoms with Crippen LogP contribution in [0.5, 0.6) is 0 Å². The molecule has 3 rings (SSSR count). The maximum Gasteiger partial charge on any atom is 0.128 e. The Balaban J connectivity index is 1.77. The van der Waals surface area contributed by atoms with Gasteiger partial charge in [0.2, 0.25) is 0 Å². The van der Waals surface area contributed by atoms with Gasteiger partial charge in [0.05, 0.1) is 6.10 Å². The predicted octanol–water partition coefficient (Wildman–Crippen LogP) is 1.81. The summed E-state index contributed by atoms with van der Waals surface area (Å²) in [6.45, 7) is 7.54. The molecule has 0 aromatic carbocycles. The second-order valence-corrected chi connectivity index (χ2v) is 5.92. The molecule has 0 bridgehead atoms. The van der Waals surface area contributed by atoms with Gasteiger partial charge in [0.1, 0.15) is 5.82 Å². The van der Waals surface area contributed by atoms with Gasteiger partial charge < -0.3 is 10.0 Å². The molecule has 2 unspecified atom stereocenters. The van der Waals surface area contributed by atoms with Crippen LogP contribution < -0.4 is 4.90 Å². The maximum absolute atomic E-state index is 9.54. The molecular weight excluding hydrogens is 238 g/mol. The van der Waals surface area contributed by atoms with Crippen LogP contribution in [0.1, 0.15) is 38.4 Å². The van der Waals surface area contributed by atoms with Gasteiger partial charge in [-0.2, -0.15) is 0 Å². The van der Waals surface area contributed by atoms with Crippen LogP contribution in [0.25, 0.3) is 0 Å². The van der Waals surface area contributed by atoms with Gasteiger partial charge in [-0.1, -0.05) is 6.07 Å². The normalized spacial score (nSPS) is 29.3. The summed E-state index contributed by atoms with van der Waals surface area (Å²) in [7, 11) is 0. The van der Waals surface area contributed by atoms with E-state index in [4.69, 9.17) is 0 Å². The fourth-order valence-corrected chi connectivity index (χ4v) is 3.32. The van der Waals surface area contributed by atoms with Gasteiger partial charge in [0.15, 0.2) is 0 Å². The number of anilines is 1. The van der Waals surface area contributed by atoms with Crippen molar-refractivity contribution in [3.63, 3.8) is 0 Å². The smallest absolute Gasteiger partial charge is 0.128 e. The van der Waals surface area contributed by atoms with E-state index >= 15 is 0 Å². The van der Waals surface area contributed by atoms with Crippen LogP contribution in [0.2, 0.25) is 0 Å². The van der Waals surface area contributed by atoms with Gasteiger partial charge in [0, 0.05) is 31.4 Å². The number of aromatic nitrogens is 1. The van der Waals surface area contributed by atoms with Crippen molar-refractivity contribution in [3.05, 3.63) is 23.9 Å². The highest BCUT2D eigenvalue weighted by Crippen LogP contribution is 2.28. The monoisotopic (exact) mass is 261 g/mol. The number of nitrogens with zero attached hydrogens (tertiary/aromatic N) is 3. The molecule has 2 saturated heterocycles. The summed E-state index contributed by atoms with van der Waals surface area (Å²) in [4.78, 5) is 9.57. The molecule has 104 valence electrons. The number of aliphatic hydroxyl groups excluding tert-OH is 1. The summed E-state index contributed by atoms with van der Waals surface area (Å²) in [5.74, 6) is 1.04. The van der Waals surface area contributed by atoms with Crippen LogP contribution in [0.3, 0.4) is 0 Å². The van der Waals surface area contributed by atoms with Gasteiger partial charge >= 0.3 is 0 Å². The third-order valence-electron chi connectivity index (χ3n) is 4.48. The van der Waals surface area contributed by atoms with E-state index in [9.17, 15) is 5.11 Å². The summed E-state index contributed by atoms with van der Waals surface area (Å²) >= 11 is 0. The SMILES string of the molecule is CC1CN2CCCC2CN1c1ccc([C@H](C)O)cn1. The third kappa shape index (κ3) is 2.47. The van der Waals surface area contributed by atoms with Crippen molar-refractivity contribution in [2.75, 3.05) is 24.5 Å². The van der Waals surface area contributed by atoms with Crippen molar-refractivity contribution in [1.29, 1.82) is 0 Å². The second-order valence-electron chi connectivity index (χ2n) is 5.92. The molecule has 4 heteroatoms. The van der Waals surface area contributed by atoms with Crippen LogP contribution in [0.4, 0.5) is 5.82 Å². The first-order chi connectivity index (χ1) is 9.15. The molecule has 3 heterocycles. The van der Waals surface area contributed by atoms with Crippen molar-refractivity contribution in [2.45, 2.75) is 44.9 Å². The molecule has 4 nitrogen and oxygen atoms in total. The minimum absolute atomic E-state index is 0.439. The Morgan fingerprint density at radius 3 is 2.89 bits per heavy atom. The standard InChI is InChI=1S/C15H23N3O/c1-11-9-17-7-3-4-14(17)10-18(11)15-6-5-13(8-16-15)12(2)19/h5-6,8,11-12,14,19H,3-4,7,9-10H2,1-2H3/t11?,12-,14?/m0/s1. The fourth-order valence-electron chi connectivity index (χ4n) is 3.32. The van der Waals surface area contributed by atoms with Crippen LogP contribution in [-0.4, -0.2) is 46.7 Å². The number of hydrogen-bond donors (Lipinski definition) is 1. The number of hydrogen-bond acceptors (Lipinski definition) is 4. The fraction of sp³-hybridized carbons (Fsp3) is 0.667. The number of fused-ring (bicyclic) bond motifs is 1. The Labute approximate surface area is 115 Å². The molecule has 2 aliphatic rings. The molecule has 1 aromatic heterocycles. The molecule has 1 aromatic rings. The average molecular weight is 261 g/mol. The molecule has 0 spiro atoms. The highest BCUT2D eigenvalue weighted by atomic mass is 16.3. The lowest BCUT2D eigenvalue weighted by molar-refractivity contribution is 0.198. The first-order valence-corrected chi connectivity index (χ1v) is 7.30. The Bertz CT molecular complexity index is 432. The Morgan fingerprint density at radius 1 is 1.37 bits per heavy atom. The Kier molecular flexibility index (Phi) is 3.46. The molecule has 2 aliphatic heterocycles. The van der Waals surface area contributed by atoms with Gasteiger partial charge in [-0.15, -0.1) is 0 Å². The highest BCUT2D eigenvalue weighted by Gasteiger charge is 2.34. The molecule has 0 radical (unpaired) electrons. The van der Waals surface area contributed by atoms with Crippen LogP contribution >= 0.6 is 0 Å². The maximum atomic E-state index is 9.54. The molecule has 19 heavy (non-hydrogen) atoms. The zero-order valence-corrected chi connectivity index (χ0v) is 11.8. The minimum Gasteiger partial charge on any atom is -0.389 e. The molecule has 3 atom stereocenters. The van der Waals surface area contributed by atoms with E-state index in [2.05, 4.69) is 21.7 Å². The highest BCUT2D eigenvalue weighted by molar-refractivity contribution is 5.42. The summed E-state index contributed by atoms with van der Waals surface area (Å²) in [6.07, 6.45) is 4.01. The lowest BCUT2D eigenvalue weighted by Gasteiger charge is -2.43. The summed E-state index contributed by atoms with van der Waals surface area (Å²) in [5.41, 5.74) is 0.885. The number of piperazine rings is 1. The lowest BCUT2D eigenvalue weighted by Crippen LogP contribution is -2.55.